The van der Waals surface area contributed by atoms with Crippen LogP contribution in [0.4, 0.5) is 0 Å². The molecule has 1 rings (SSSR count). The zero-order chi connectivity index (χ0) is 11.6. The first-order valence-corrected chi connectivity index (χ1v) is 5.77. The van der Waals surface area contributed by atoms with Crippen molar-refractivity contribution in [2.45, 2.75) is 33.3 Å². The van der Waals surface area contributed by atoms with Crippen molar-refractivity contribution in [1.29, 1.82) is 0 Å². The maximum absolute atomic E-state index is 10.2. The molecule has 3 heteroatoms. The Labute approximate surface area is 101 Å². The van der Waals surface area contributed by atoms with Crippen LogP contribution >= 0.6 is 23.2 Å². The van der Waals surface area contributed by atoms with E-state index < -0.39 is 6.10 Å². The maximum Gasteiger partial charge on any atom is 0.0855 e. The molecule has 0 bridgehead atoms. The van der Waals surface area contributed by atoms with Crippen LogP contribution < -0.4 is 0 Å². The van der Waals surface area contributed by atoms with Crippen molar-refractivity contribution in [3.8, 4) is 0 Å². The minimum Gasteiger partial charge on any atom is -0.388 e. The number of benzene rings is 1. The van der Waals surface area contributed by atoms with Gasteiger partial charge in [0.25, 0.3) is 0 Å². The highest BCUT2D eigenvalue weighted by Gasteiger charge is 2.28. The number of aliphatic hydroxyl groups is 1. The van der Waals surface area contributed by atoms with Gasteiger partial charge in [-0.25, -0.2) is 0 Å². The third-order valence-corrected chi connectivity index (χ3v) is 3.48. The monoisotopic (exact) mass is 246 g/mol. The first-order chi connectivity index (χ1) is 6.88. The lowest BCUT2D eigenvalue weighted by molar-refractivity contribution is 0.0466. The quantitative estimate of drug-likeness (QED) is 0.835. The van der Waals surface area contributed by atoms with E-state index >= 15 is 0 Å². The van der Waals surface area contributed by atoms with Gasteiger partial charge in [-0.2, -0.15) is 0 Å². The van der Waals surface area contributed by atoms with E-state index in [9.17, 15) is 5.11 Å². The summed E-state index contributed by atoms with van der Waals surface area (Å²) < 4.78 is 0. The fraction of sp³-hybridized carbons (Fsp3) is 0.500. The van der Waals surface area contributed by atoms with Crippen molar-refractivity contribution in [1.82, 2.24) is 0 Å². The van der Waals surface area contributed by atoms with Crippen LogP contribution in [-0.4, -0.2) is 5.11 Å². The van der Waals surface area contributed by atoms with Gasteiger partial charge in [0.05, 0.1) is 6.10 Å². The lowest BCUT2D eigenvalue weighted by atomic mass is 9.80. The van der Waals surface area contributed by atoms with Crippen molar-refractivity contribution in [3.63, 3.8) is 0 Å². The molecule has 1 atom stereocenters. The van der Waals surface area contributed by atoms with Gasteiger partial charge < -0.3 is 5.11 Å². The van der Waals surface area contributed by atoms with Crippen LogP contribution in [0, 0.1) is 5.41 Å². The third kappa shape index (κ3) is 2.87. The summed E-state index contributed by atoms with van der Waals surface area (Å²) in [7, 11) is 0. The lowest BCUT2D eigenvalue weighted by Crippen LogP contribution is -2.21. The second kappa shape index (κ2) is 4.73. The Morgan fingerprint density at radius 2 is 1.93 bits per heavy atom. The minimum absolute atomic E-state index is 0.200. The Morgan fingerprint density at radius 1 is 1.33 bits per heavy atom. The van der Waals surface area contributed by atoms with Gasteiger partial charge in [0.2, 0.25) is 0 Å². The number of halogens is 2. The maximum atomic E-state index is 10.2. The molecule has 0 aromatic heterocycles. The number of hydrogen-bond acceptors (Lipinski definition) is 1. The summed E-state index contributed by atoms with van der Waals surface area (Å²) in [4.78, 5) is 0. The molecule has 0 fully saturated rings. The smallest absolute Gasteiger partial charge is 0.0855 e. The van der Waals surface area contributed by atoms with E-state index in [1.165, 1.54) is 0 Å². The van der Waals surface area contributed by atoms with E-state index in [2.05, 4.69) is 0 Å². The molecule has 1 aromatic rings. The Hall–Kier alpha value is -0.240. The van der Waals surface area contributed by atoms with Crippen LogP contribution in [0.15, 0.2) is 18.2 Å². The molecule has 0 heterocycles. The first kappa shape index (κ1) is 12.8. The highest BCUT2D eigenvalue weighted by molar-refractivity contribution is 6.33. The minimum atomic E-state index is -0.589. The predicted octanol–water partition coefficient (Wildman–Crippen LogP) is 4.46. The standard InChI is InChI=1S/C12H16Cl2O/c1-4-12(2,3)11(15)9-7-8(13)5-6-10(9)14/h5-7,11,15H,4H2,1-3H3. The van der Waals surface area contributed by atoms with Gasteiger partial charge >= 0.3 is 0 Å². The van der Waals surface area contributed by atoms with Crippen LogP contribution in [0.3, 0.4) is 0 Å². The molecular formula is C12H16Cl2O. The Bertz CT molecular complexity index is 347. The SMILES string of the molecule is CCC(C)(C)C(O)c1cc(Cl)ccc1Cl. The topological polar surface area (TPSA) is 20.2 Å². The highest BCUT2D eigenvalue weighted by Crippen LogP contribution is 2.39. The van der Waals surface area contributed by atoms with Crippen LogP contribution in [0.25, 0.3) is 0 Å². The second-order valence-corrected chi connectivity index (χ2v) is 5.25. The fourth-order valence-corrected chi connectivity index (χ4v) is 1.74. The summed E-state index contributed by atoms with van der Waals surface area (Å²) in [5, 5.41) is 11.4. The summed E-state index contributed by atoms with van der Waals surface area (Å²) in [6.07, 6.45) is 0.283. The molecule has 1 unspecified atom stereocenters. The van der Waals surface area contributed by atoms with E-state index in [0.717, 1.165) is 6.42 Å². The Kier molecular flexibility index (Phi) is 4.05. The average Bonchev–Trinajstić information content (AvgIpc) is 2.20. The second-order valence-electron chi connectivity index (χ2n) is 4.41. The largest absolute Gasteiger partial charge is 0.388 e. The van der Waals surface area contributed by atoms with Crippen LogP contribution in [0.1, 0.15) is 38.9 Å². The molecule has 0 aliphatic carbocycles. The normalized spacial score (nSPS) is 14.0. The van der Waals surface area contributed by atoms with Crippen molar-refractivity contribution in [3.05, 3.63) is 33.8 Å². The van der Waals surface area contributed by atoms with Gasteiger partial charge in [-0.1, -0.05) is 44.0 Å². The van der Waals surface area contributed by atoms with Gasteiger partial charge in [0.15, 0.2) is 0 Å². The zero-order valence-electron chi connectivity index (χ0n) is 9.22. The van der Waals surface area contributed by atoms with Gasteiger partial charge in [0.1, 0.15) is 0 Å². The first-order valence-electron chi connectivity index (χ1n) is 5.01. The predicted molar refractivity (Wildman–Crippen MR) is 65.5 cm³/mol. The van der Waals surface area contributed by atoms with Crippen molar-refractivity contribution >= 4 is 23.2 Å². The van der Waals surface area contributed by atoms with E-state index in [0.29, 0.717) is 15.6 Å². The van der Waals surface area contributed by atoms with E-state index in [4.69, 9.17) is 23.2 Å². The summed E-state index contributed by atoms with van der Waals surface area (Å²) in [6, 6.07) is 5.17. The van der Waals surface area contributed by atoms with Crippen molar-refractivity contribution in [2.24, 2.45) is 5.41 Å². The molecule has 0 saturated carbocycles. The van der Waals surface area contributed by atoms with Gasteiger partial charge in [-0.05, 0) is 30.0 Å². The third-order valence-electron chi connectivity index (χ3n) is 2.90. The van der Waals surface area contributed by atoms with E-state index in [1.54, 1.807) is 18.2 Å². The number of hydrogen-bond donors (Lipinski definition) is 1. The van der Waals surface area contributed by atoms with Crippen LogP contribution in [-0.2, 0) is 0 Å². The molecule has 0 saturated heterocycles. The van der Waals surface area contributed by atoms with Crippen LogP contribution in [0.5, 0.6) is 0 Å². The Balaban J connectivity index is 3.10. The van der Waals surface area contributed by atoms with E-state index in [-0.39, 0.29) is 5.41 Å². The molecule has 0 radical (unpaired) electrons. The summed E-state index contributed by atoms with van der Waals surface area (Å²) in [6.45, 7) is 6.06. The zero-order valence-corrected chi connectivity index (χ0v) is 10.7. The average molecular weight is 247 g/mol. The summed E-state index contributed by atoms with van der Waals surface area (Å²) >= 11 is 11.9. The van der Waals surface area contributed by atoms with Crippen LogP contribution in [0.2, 0.25) is 10.0 Å². The van der Waals surface area contributed by atoms with Crippen molar-refractivity contribution in [2.75, 3.05) is 0 Å². The Morgan fingerprint density at radius 3 is 2.47 bits per heavy atom. The molecule has 15 heavy (non-hydrogen) atoms. The molecule has 84 valence electrons. The number of rotatable bonds is 3. The fourth-order valence-electron chi connectivity index (χ4n) is 1.34. The summed E-state index contributed by atoms with van der Waals surface area (Å²) in [5.74, 6) is 0. The molecule has 0 aliphatic rings. The molecular weight excluding hydrogens is 231 g/mol. The molecule has 0 aliphatic heterocycles. The highest BCUT2D eigenvalue weighted by atomic mass is 35.5. The van der Waals surface area contributed by atoms with Crippen molar-refractivity contribution < 1.29 is 5.11 Å². The molecule has 0 spiro atoms. The number of aliphatic hydroxyl groups excluding tert-OH is 1. The molecule has 1 nitrogen and oxygen atoms in total. The lowest BCUT2D eigenvalue weighted by Gasteiger charge is -2.30. The van der Waals surface area contributed by atoms with Gasteiger partial charge in [-0.3, -0.25) is 0 Å². The van der Waals surface area contributed by atoms with Gasteiger partial charge in [0, 0.05) is 15.6 Å². The van der Waals surface area contributed by atoms with E-state index in [1.807, 2.05) is 20.8 Å². The molecule has 1 aromatic carbocycles. The molecule has 0 amide bonds. The molecule has 1 N–H and O–H groups in total. The summed E-state index contributed by atoms with van der Waals surface area (Å²) in [5.41, 5.74) is 0.505. The van der Waals surface area contributed by atoms with Gasteiger partial charge in [-0.15, -0.1) is 0 Å².